The maximum Gasteiger partial charge on any atom is 0.308 e. The Hall–Kier alpha value is -1.36. The molecule has 1 aromatic rings. The summed E-state index contributed by atoms with van der Waals surface area (Å²) in [6, 6.07) is 1.83. The summed E-state index contributed by atoms with van der Waals surface area (Å²) in [5, 5.41) is 12.5. The normalized spacial score (nSPS) is 33.1. The number of carbonyl (C=O) groups excluding carboxylic acids is 1. The zero-order valence-corrected chi connectivity index (χ0v) is 12.6. The van der Waals surface area contributed by atoms with E-state index in [1.807, 2.05) is 6.07 Å². The van der Waals surface area contributed by atoms with Crippen LogP contribution in [0.4, 0.5) is 0 Å². The van der Waals surface area contributed by atoms with Gasteiger partial charge in [-0.3, -0.25) is 9.59 Å². The molecular formula is C16H19NO3S. The average Bonchev–Trinajstić information content (AvgIpc) is 3.17. The molecule has 5 heteroatoms. The molecule has 1 amide bonds. The minimum Gasteiger partial charge on any atom is -0.481 e. The number of nitrogens with one attached hydrogen (secondary N) is 1. The Balaban J connectivity index is 1.52. The minimum atomic E-state index is -0.749. The Morgan fingerprint density at radius 2 is 2.05 bits per heavy atom. The minimum absolute atomic E-state index is 0.0711. The monoisotopic (exact) mass is 305 g/mol. The van der Waals surface area contributed by atoms with Crippen LogP contribution < -0.4 is 5.32 Å². The van der Waals surface area contributed by atoms with E-state index in [4.69, 9.17) is 0 Å². The van der Waals surface area contributed by atoms with Crippen LogP contribution in [0, 0.1) is 17.8 Å². The fourth-order valence-electron chi connectivity index (χ4n) is 4.52. The summed E-state index contributed by atoms with van der Waals surface area (Å²) in [6.07, 6.45) is 6.37. The van der Waals surface area contributed by atoms with Gasteiger partial charge in [0.25, 0.3) is 5.91 Å². The number of carbonyl (C=O) groups is 2. The van der Waals surface area contributed by atoms with Crippen LogP contribution in [-0.2, 0) is 17.6 Å². The van der Waals surface area contributed by atoms with Crippen LogP contribution in [0.15, 0.2) is 6.07 Å². The van der Waals surface area contributed by atoms with Crippen LogP contribution in [0.1, 0.15) is 45.8 Å². The van der Waals surface area contributed by atoms with Crippen molar-refractivity contribution in [3.63, 3.8) is 0 Å². The lowest BCUT2D eigenvalue weighted by atomic mass is 9.84. The fourth-order valence-corrected chi connectivity index (χ4v) is 5.67. The van der Waals surface area contributed by atoms with Crippen molar-refractivity contribution in [2.75, 3.05) is 0 Å². The van der Waals surface area contributed by atoms with Crippen molar-refractivity contribution in [2.24, 2.45) is 17.8 Å². The lowest BCUT2D eigenvalue weighted by Crippen LogP contribution is -2.46. The SMILES string of the molecule is O=C(NC1C2CCC(C2)C1C(=O)O)c1cc2c(s1)CCC2. The Labute approximate surface area is 127 Å². The summed E-state index contributed by atoms with van der Waals surface area (Å²) in [5.74, 6) is -0.600. The van der Waals surface area contributed by atoms with Gasteiger partial charge in [0, 0.05) is 10.9 Å². The van der Waals surface area contributed by atoms with Gasteiger partial charge in [0.1, 0.15) is 0 Å². The molecule has 0 saturated heterocycles. The lowest BCUT2D eigenvalue weighted by Gasteiger charge is -2.28. The van der Waals surface area contributed by atoms with E-state index in [0.29, 0.717) is 5.92 Å². The second-order valence-electron chi connectivity index (χ2n) is 6.61. The van der Waals surface area contributed by atoms with Crippen molar-refractivity contribution in [1.29, 1.82) is 0 Å². The van der Waals surface area contributed by atoms with Crippen molar-refractivity contribution in [2.45, 2.75) is 44.6 Å². The van der Waals surface area contributed by atoms with Gasteiger partial charge in [0.2, 0.25) is 0 Å². The van der Waals surface area contributed by atoms with Gasteiger partial charge < -0.3 is 10.4 Å². The van der Waals surface area contributed by atoms with Crippen molar-refractivity contribution in [3.8, 4) is 0 Å². The third kappa shape index (κ3) is 2.09. The van der Waals surface area contributed by atoms with E-state index in [9.17, 15) is 14.7 Å². The standard InChI is InChI=1S/C16H19NO3S/c18-15(12-7-8-2-1-3-11(8)21-12)17-14-10-5-4-9(6-10)13(14)16(19)20/h7,9-10,13-14H,1-6H2,(H,17,18)(H,19,20). The highest BCUT2D eigenvalue weighted by atomic mass is 32.1. The quantitative estimate of drug-likeness (QED) is 0.901. The number of thiophene rings is 1. The molecule has 0 aromatic carbocycles. The number of aliphatic carboxylic acids is 1. The molecule has 4 nitrogen and oxygen atoms in total. The van der Waals surface area contributed by atoms with Crippen molar-refractivity contribution in [3.05, 3.63) is 21.4 Å². The van der Waals surface area contributed by atoms with Gasteiger partial charge in [-0.05, 0) is 62.0 Å². The molecule has 3 aliphatic carbocycles. The molecule has 3 aliphatic rings. The van der Waals surface area contributed by atoms with Gasteiger partial charge >= 0.3 is 5.97 Å². The third-order valence-corrected chi connectivity index (χ3v) is 6.71. The Morgan fingerprint density at radius 1 is 1.24 bits per heavy atom. The molecular weight excluding hydrogens is 286 g/mol. The van der Waals surface area contributed by atoms with Crippen LogP contribution in [0.25, 0.3) is 0 Å². The van der Waals surface area contributed by atoms with Gasteiger partial charge in [-0.25, -0.2) is 0 Å². The van der Waals surface area contributed by atoms with Gasteiger partial charge in [0.15, 0.2) is 0 Å². The number of fused-ring (bicyclic) bond motifs is 3. The molecule has 1 heterocycles. The molecule has 0 radical (unpaired) electrons. The Morgan fingerprint density at radius 3 is 2.81 bits per heavy atom. The predicted molar refractivity (Wildman–Crippen MR) is 79.6 cm³/mol. The summed E-state index contributed by atoms with van der Waals surface area (Å²) >= 11 is 1.58. The summed E-state index contributed by atoms with van der Waals surface area (Å²) in [5.41, 5.74) is 1.31. The van der Waals surface area contributed by atoms with Crippen LogP contribution >= 0.6 is 11.3 Å². The topological polar surface area (TPSA) is 66.4 Å². The zero-order chi connectivity index (χ0) is 14.6. The zero-order valence-electron chi connectivity index (χ0n) is 11.8. The van der Waals surface area contributed by atoms with Crippen LogP contribution in [0.2, 0.25) is 0 Å². The van der Waals surface area contributed by atoms with Gasteiger partial charge in [0.05, 0.1) is 10.8 Å². The van der Waals surface area contributed by atoms with E-state index in [1.165, 1.54) is 16.9 Å². The number of hydrogen-bond donors (Lipinski definition) is 2. The van der Waals surface area contributed by atoms with Gasteiger partial charge in [-0.15, -0.1) is 11.3 Å². The first kappa shape index (κ1) is 13.3. The number of carboxylic acids is 1. The average molecular weight is 305 g/mol. The maximum absolute atomic E-state index is 12.5. The molecule has 2 fully saturated rings. The van der Waals surface area contributed by atoms with Gasteiger partial charge in [-0.2, -0.15) is 0 Å². The van der Waals surface area contributed by atoms with E-state index in [-0.39, 0.29) is 23.8 Å². The summed E-state index contributed by atoms with van der Waals surface area (Å²) in [4.78, 5) is 26.0. The van der Waals surface area contributed by atoms with Crippen LogP contribution in [-0.4, -0.2) is 23.0 Å². The Bertz CT molecular complexity index is 587. The molecule has 0 spiro atoms. The number of carboxylic acid groups (broad SMARTS) is 1. The van der Waals surface area contributed by atoms with Crippen molar-refractivity contribution < 1.29 is 14.7 Å². The van der Waals surface area contributed by atoms with E-state index in [1.54, 1.807) is 11.3 Å². The summed E-state index contributed by atoms with van der Waals surface area (Å²) < 4.78 is 0. The molecule has 4 rings (SSSR count). The predicted octanol–water partition coefficient (Wildman–Crippen LogP) is 2.47. The molecule has 4 unspecified atom stereocenters. The first-order valence-corrected chi connectivity index (χ1v) is 8.60. The molecule has 1 aromatic heterocycles. The molecule has 2 bridgehead atoms. The maximum atomic E-state index is 12.5. The lowest BCUT2D eigenvalue weighted by molar-refractivity contribution is -0.144. The van der Waals surface area contributed by atoms with Crippen molar-refractivity contribution >= 4 is 23.2 Å². The highest BCUT2D eigenvalue weighted by Gasteiger charge is 2.51. The third-order valence-electron chi connectivity index (χ3n) is 5.47. The molecule has 0 aliphatic heterocycles. The second kappa shape index (κ2) is 4.83. The number of hydrogen-bond acceptors (Lipinski definition) is 3. The van der Waals surface area contributed by atoms with E-state index < -0.39 is 5.97 Å². The largest absolute Gasteiger partial charge is 0.481 e. The number of amides is 1. The Kier molecular flexibility index (Phi) is 3.06. The summed E-state index contributed by atoms with van der Waals surface area (Å²) in [6.45, 7) is 0. The highest BCUT2D eigenvalue weighted by Crippen LogP contribution is 2.48. The van der Waals surface area contributed by atoms with Crippen molar-refractivity contribution in [1.82, 2.24) is 5.32 Å². The highest BCUT2D eigenvalue weighted by molar-refractivity contribution is 7.14. The molecule has 2 N–H and O–H groups in total. The van der Waals surface area contributed by atoms with Crippen LogP contribution in [0.3, 0.4) is 0 Å². The first-order chi connectivity index (χ1) is 10.1. The second-order valence-corrected chi connectivity index (χ2v) is 7.75. The fraction of sp³-hybridized carbons (Fsp3) is 0.625. The number of rotatable bonds is 3. The molecule has 4 atom stereocenters. The molecule has 112 valence electrons. The van der Waals surface area contributed by atoms with Crippen LogP contribution in [0.5, 0.6) is 0 Å². The first-order valence-electron chi connectivity index (χ1n) is 7.78. The van der Waals surface area contributed by atoms with E-state index >= 15 is 0 Å². The van der Waals surface area contributed by atoms with E-state index in [0.717, 1.165) is 37.0 Å². The number of aryl methyl sites for hydroxylation is 2. The smallest absolute Gasteiger partial charge is 0.308 e. The molecule has 2 saturated carbocycles. The molecule has 21 heavy (non-hydrogen) atoms. The van der Waals surface area contributed by atoms with Gasteiger partial charge in [-0.1, -0.05) is 0 Å². The van der Waals surface area contributed by atoms with E-state index in [2.05, 4.69) is 5.32 Å². The summed E-state index contributed by atoms with van der Waals surface area (Å²) in [7, 11) is 0.